The van der Waals surface area contributed by atoms with Crippen molar-refractivity contribution in [2.75, 3.05) is 0 Å². The molecule has 3 heteroatoms. The molecule has 1 unspecified atom stereocenters. The van der Waals surface area contributed by atoms with Gasteiger partial charge in [0, 0.05) is 10.9 Å². The summed E-state index contributed by atoms with van der Waals surface area (Å²) in [7, 11) is 0. The summed E-state index contributed by atoms with van der Waals surface area (Å²) in [4.78, 5) is 1.24. The highest BCUT2D eigenvalue weighted by Gasteiger charge is 2.12. The van der Waals surface area contributed by atoms with Crippen LogP contribution in [0.2, 0.25) is 0 Å². The molecule has 0 aliphatic heterocycles. The Bertz CT molecular complexity index is 498. The van der Waals surface area contributed by atoms with Gasteiger partial charge in [0.05, 0.1) is 3.79 Å². The van der Waals surface area contributed by atoms with Gasteiger partial charge < -0.3 is 5.73 Å². The van der Waals surface area contributed by atoms with Crippen molar-refractivity contribution in [2.24, 2.45) is 5.73 Å². The lowest BCUT2D eigenvalue weighted by Crippen LogP contribution is -2.13. The Morgan fingerprint density at radius 2 is 1.82 bits per heavy atom. The molecule has 1 aromatic heterocycles. The summed E-state index contributed by atoms with van der Waals surface area (Å²) in [6, 6.07) is 10.7. The van der Waals surface area contributed by atoms with Crippen molar-refractivity contribution >= 4 is 27.3 Å². The minimum Gasteiger partial charge on any atom is -0.323 e. The first-order valence-electron chi connectivity index (χ1n) is 5.64. The Morgan fingerprint density at radius 3 is 2.35 bits per heavy atom. The van der Waals surface area contributed by atoms with E-state index in [9.17, 15) is 0 Å². The maximum Gasteiger partial charge on any atom is 0.0701 e. The fraction of sp³-hybridized carbons (Fsp3) is 0.286. The van der Waals surface area contributed by atoms with Crippen molar-refractivity contribution in [3.8, 4) is 0 Å². The normalized spacial score (nSPS) is 12.7. The standard InChI is InChI=1S/C14H16BrNS/c1-9-4-3-5-10(2)11(9)8-12(16)13-6-7-14(15)17-13/h3-7,12H,8,16H2,1-2H3. The van der Waals surface area contributed by atoms with E-state index in [-0.39, 0.29) is 6.04 Å². The quantitative estimate of drug-likeness (QED) is 0.895. The molecular formula is C14H16BrNS. The second-order valence-corrected chi connectivity index (χ2v) is 6.82. The third-order valence-corrected chi connectivity index (χ3v) is 4.78. The zero-order valence-corrected chi connectivity index (χ0v) is 12.4. The third kappa shape index (κ3) is 2.97. The molecule has 90 valence electrons. The van der Waals surface area contributed by atoms with Gasteiger partial charge in [-0.1, -0.05) is 18.2 Å². The van der Waals surface area contributed by atoms with Crippen LogP contribution in [0.1, 0.15) is 27.6 Å². The predicted molar refractivity (Wildman–Crippen MR) is 78.6 cm³/mol. The Labute approximate surface area is 115 Å². The number of hydrogen-bond donors (Lipinski definition) is 1. The van der Waals surface area contributed by atoms with Gasteiger partial charge >= 0.3 is 0 Å². The molecule has 1 nitrogen and oxygen atoms in total. The van der Waals surface area contributed by atoms with Crippen LogP contribution >= 0.6 is 27.3 Å². The van der Waals surface area contributed by atoms with E-state index in [0.29, 0.717) is 0 Å². The first-order valence-corrected chi connectivity index (χ1v) is 7.25. The minimum atomic E-state index is 0.0890. The van der Waals surface area contributed by atoms with E-state index in [1.165, 1.54) is 21.6 Å². The SMILES string of the molecule is Cc1cccc(C)c1CC(N)c1ccc(Br)s1. The van der Waals surface area contributed by atoms with E-state index in [1.807, 2.05) is 0 Å². The largest absolute Gasteiger partial charge is 0.323 e. The van der Waals surface area contributed by atoms with Gasteiger partial charge in [0.25, 0.3) is 0 Å². The fourth-order valence-electron chi connectivity index (χ4n) is 2.02. The van der Waals surface area contributed by atoms with Gasteiger partial charge in [-0.3, -0.25) is 0 Å². The van der Waals surface area contributed by atoms with E-state index in [0.717, 1.165) is 10.2 Å². The van der Waals surface area contributed by atoms with Crippen molar-refractivity contribution < 1.29 is 0 Å². The lowest BCUT2D eigenvalue weighted by molar-refractivity contribution is 0.729. The van der Waals surface area contributed by atoms with Crippen LogP contribution in [0, 0.1) is 13.8 Å². The molecule has 0 saturated heterocycles. The molecular weight excluding hydrogens is 294 g/mol. The van der Waals surface area contributed by atoms with Gasteiger partial charge in [-0.05, 0) is 65.0 Å². The van der Waals surface area contributed by atoms with Gasteiger partial charge in [-0.2, -0.15) is 0 Å². The Balaban J connectivity index is 2.21. The molecule has 0 aliphatic rings. The number of rotatable bonds is 3. The monoisotopic (exact) mass is 309 g/mol. The maximum absolute atomic E-state index is 6.27. The molecule has 1 atom stereocenters. The number of aryl methyl sites for hydroxylation is 2. The van der Waals surface area contributed by atoms with Crippen LogP contribution in [0.15, 0.2) is 34.1 Å². The van der Waals surface area contributed by atoms with Crippen LogP contribution in [0.3, 0.4) is 0 Å². The zero-order valence-electron chi connectivity index (χ0n) is 10.0. The predicted octanol–water partition coefficient (Wildman–Crippen LogP) is 4.37. The van der Waals surface area contributed by atoms with Gasteiger partial charge in [0.15, 0.2) is 0 Å². The average Bonchev–Trinajstić information content (AvgIpc) is 2.70. The number of hydrogen-bond acceptors (Lipinski definition) is 2. The Hall–Kier alpha value is -0.640. The highest BCUT2D eigenvalue weighted by atomic mass is 79.9. The van der Waals surface area contributed by atoms with Crippen LogP contribution in [-0.2, 0) is 6.42 Å². The summed E-state index contributed by atoms with van der Waals surface area (Å²) in [6.45, 7) is 4.30. The van der Waals surface area contributed by atoms with Crippen LogP contribution in [0.25, 0.3) is 0 Å². The van der Waals surface area contributed by atoms with Crippen molar-refractivity contribution in [3.05, 3.63) is 55.7 Å². The highest BCUT2D eigenvalue weighted by Crippen LogP contribution is 2.29. The Kier molecular flexibility index (Phi) is 4.02. The molecule has 0 fully saturated rings. The summed E-state index contributed by atoms with van der Waals surface area (Å²) in [5.74, 6) is 0. The fourth-order valence-corrected chi connectivity index (χ4v) is 3.44. The molecule has 0 aliphatic carbocycles. The number of nitrogens with two attached hydrogens (primary N) is 1. The van der Waals surface area contributed by atoms with Gasteiger partial charge in [0.2, 0.25) is 0 Å². The number of thiophene rings is 1. The molecule has 17 heavy (non-hydrogen) atoms. The number of benzene rings is 1. The van der Waals surface area contributed by atoms with Gasteiger partial charge in [0.1, 0.15) is 0 Å². The zero-order chi connectivity index (χ0) is 12.4. The molecule has 0 bridgehead atoms. The van der Waals surface area contributed by atoms with Crippen molar-refractivity contribution in [2.45, 2.75) is 26.3 Å². The van der Waals surface area contributed by atoms with Gasteiger partial charge in [-0.25, -0.2) is 0 Å². The molecule has 0 saturated carbocycles. The molecule has 2 rings (SSSR count). The average molecular weight is 310 g/mol. The number of halogens is 1. The smallest absolute Gasteiger partial charge is 0.0701 e. The van der Waals surface area contributed by atoms with Crippen LogP contribution in [0.5, 0.6) is 0 Å². The summed E-state index contributed by atoms with van der Waals surface area (Å²) < 4.78 is 1.14. The molecule has 1 aromatic carbocycles. The first-order chi connectivity index (χ1) is 8.08. The van der Waals surface area contributed by atoms with Crippen LogP contribution in [0.4, 0.5) is 0 Å². The van der Waals surface area contributed by atoms with Gasteiger partial charge in [-0.15, -0.1) is 11.3 Å². The third-order valence-electron chi connectivity index (χ3n) is 3.03. The van der Waals surface area contributed by atoms with Crippen LogP contribution in [-0.4, -0.2) is 0 Å². The van der Waals surface area contributed by atoms with E-state index in [2.05, 4.69) is 60.1 Å². The summed E-state index contributed by atoms with van der Waals surface area (Å²) in [6.07, 6.45) is 0.908. The summed E-state index contributed by atoms with van der Waals surface area (Å²) in [5.41, 5.74) is 10.3. The van der Waals surface area contributed by atoms with E-state index in [1.54, 1.807) is 11.3 Å². The minimum absolute atomic E-state index is 0.0890. The summed E-state index contributed by atoms with van der Waals surface area (Å²) >= 11 is 5.20. The lowest BCUT2D eigenvalue weighted by atomic mass is 9.96. The second kappa shape index (κ2) is 5.34. The first kappa shape index (κ1) is 12.8. The maximum atomic E-state index is 6.27. The molecule has 0 radical (unpaired) electrons. The highest BCUT2D eigenvalue weighted by molar-refractivity contribution is 9.11. The van der Waals surface area contributed by atoms with E-state index in [4.69, 9.17) is 5.73 Å². The van der Waals surface area contributed by atoms with Crippen LogP contribution < -0.4 is 5.73 Å². The second-order valence-electron chi connectivity index (χ2n) is 4.32. The Morgan fingerprint density at radius 1 is 1.18 bits per heavy atom. The summed E-state index contributed by atoms with van der Waals surface area (Å²) in [5, 5.41) is 0. The van der Waals surface area contributed by atoms with Crippen molar-refractivity contribution in [1.29, 1.82) is 0 Å². The topological polar surface area (TPSA) is 26.0 Å². The van der Waals surface area contributed by atoms with Crippen molar-refractivity contribution in [1.82, 2.24) is 0 Å². The van der Waals surface area contributed by atoms with E-state index >= 15 is 0 Å². The molecule has 0 amide bonds. The van der Waals surface area contributed by atoms with Crippen molar-refractivity contribution in [3.63, 3.8) is 0 Å². The molecule has 1 heterocycles. The van der Waals surface area contributed by atoms with E-state index < -0.39 is 0 Å². The molecule has 2 aromatic rings. The lowest BCUT2D eigenvalue weighted by Gasteiger charge is -2.14. The molecule has 2 N–H and O–H groups in total. The molecule has 0 spiro atoms.